The first kappa shape index (κ1) is 13.6. The van der Waals surface area contributed by atoms with Gasteiger partial charge in [0.25, 0.3) is 0 Å². The molecule has 0 atom stereocenters. The van der Waals surface area contributed by atoms with Crippen molar-refractivity contribution in [1.82, 2.24) is 4.90 Å². The summed E-state index contributed by atoms with van der Waals surface area (Å²) in [6.07, 6.45) is 6.49. The molecule has 0 saturated carbocycles. The van der Waals surface area contributed by atoms with Crippen LogP contribution in [-0.2, 0) is 10.3 Å². The highest BCUT2D eigenvalue weighted by atomic mass is 32.1. The molecule has 1 aromatic rings. The number of rotatable bonds is 2. The first-order chi connectivity index (χ1) is 9.22. The fourth-order valence-electron chi connectivity index (χ4n) is 3.55. The second-order valence-electron chi connectivity index (χ2n) is 6.04. The summed E-state index contributed by atoms with van der Waals surface area (Å²) in [6, 6.07) is 2.44. The summed E-state index contributed by atoms with van der Waals surface area (Å²) in [4.78, 5) is 5.84. The summed E-state index contributed by atoms with van der Waals surface area (Å²) in [5, 5.41) is 0. The van der Waals surface area contributed by atoms with Crippen LogP contribution in [0.1, 0.15) is 47.4 Å². The number of ether oxygens (including phenoxy) is 1. The Bertz CT molecular complexity index is 408. The molecule has 0 amide bonds. The molecule has 0 radical (unpaired) electrons. The average Bonchev–Trinajstić information content (AvgIpc) is 2.81. The highest BCUT2D eigenvalue weighted by molar-refractivity contribution is 7.12. The van der Waals surface area contributed by atoms with Crippen molar-refractivity contribution in [2.24, 2.45) is 0 Å². The summed E-state index contributed by atoms with van der Waals surface area (Å²) < 4.78 is 5.65. The Morgan fingerprint density at radius 1 is 1.11 bits per heavy atom. The van der Waals surface area contributed by atoms with E-state index in [0.29, 0.717) is 0 Å². The third-order valence-electron chi connectivity index (χ3n) is 4.91. The normalized spacial score (nSPS) is 24.5. The van der Waals surface area contributed by atoms with Gasteiger partial charge in [-0.2, -0.15) is 0 Å². The lowest BCUT2D eigenvalue weighted by molar-refractivity contribution is -0.0382. The number of likely N-dealkylation sites (tertiary alicyclic amines) is 1. The molecule has 0 aromatic carbocycles. The SMILES string of the molecule is Cc1cc(C2(N3CCCCC3)CCOCC2)sc1C. The van der Waals surface area contributed by atoms with E-state index in [2.05, 4.69) is 24.8 Å². The monoisotopic (exact) mass is 279 g/mol. The van der Waals surface area contributed by atoms with Crippen LogP contribution in [0, 0.1) is 13.8 Å². The van der Waals surface area contributed by atoms with E-state index in [1.54, 1.807) is 4.88 Å². The zero-order valence-electron chi connectivity index (χ0n) is 12.2. The number of hydrogen-bond donors (Lipinski definition) is 0. The zero-order chi connectivity index (χ0) is 13.3. The Labute approximate surface area is 120 Å². The molecule has 2 aliphatic heterocycles. The molecule has 1 aromatic heterocycles. The van der Waals surface area contributed by atoms with Crippen LogP contribution in [0.3, 0.4) is 0 Å². The standard InChI is InChI=1S/C16H25NOS/c1-13-12-15(19-14(13)2)16(6-10-18-11-7-16)17-8-4-3-5-9-17/h12H,3-11H2,1-2H3. The van der Waals surface area contributed by atoms with Crippen LogP contribution in [-0.4, -0.2) is 31.2 Å². The summed E-state index contributed by atoms with van der Waals surface area (Å²) in [7, 11) is 0. The summed E-state index contributed by atoms with van der Waals surface area (Å²) in [5.41, 5.74) is 1.74. The van der Waals surface area contributed by atoms with E-state index < -0.39 is 0 Å². The van der Waals surface area contributed by atoms with Crippen molar-refractivity contribution in [3.8, 4) is 0 Å². The zero-order valence-corrected chi connectivity index (χ0v) is 13.0. The molecule has 0 unspecified atom stereocenters. The lowest BCUT2D eigenvalue weighted by atomic mass is 9.84. The molecule has 2 fully saturated rings. The van der Waals surface area contributed by atoms with Crippen LogP contribution in [0.5, 0.6) is 0 Å². The number of piperidine rings is 1. The number of hydrogen-bond acceptors (Lipinski definition) is 3. The van der Waals surface area contributed by atoms with E-state index >= 15 is 0 Å². The second-order valence-corrected chi connectivity index (χ2v) is 7.30. The van der Waals surface area contributed by atoms with Gasteiger partial charge in [0.05, 0.1) is 5.54 Å². The van der Waals surface area contributed by atoms with Gasteiger partial charge in [0, 0.05) is 23.0 Å². The van der Waals surface area contributed by atoms with E-state index in [1.807, 2.05) is 11.3 Å². The van der Waals surface area contributed by atoms with Crippen LogP contribution in [0.15, 0.2) is 6.07 Å². The second kappa shape index (κ2) is 5.55. The van der Waals surface area contributed by atoms with Crippen molar-refractivity contribution in [3.05, 3.63) is 21.4 Å². The number of aryl methyl sites for hydroxylation is 2. The first-order valence-corrected chi connectivity index (χ1v) is 8.44. The topological polar surface area (TPSA) is 12.5 Å². The van der Waals surface area contributed by atoms with Gasteiger partial charge in [0.15, 0.2) is 0 Å². The van der Waals surface area contributed by atoms with Crippen LogP contribution >= 0.6 is 11.3 Å². The Morgan fingerprint density at radius 3 is 2.37 bits per heavy atom. The molecule has 2 aliphatic rings. The fourth-order valence-corrected chi connectivity index (χ4v) is 4.86. The Morgan fingerprint density at radius 2 is 1.79 bits per heavy atom. The molecule has 19 heavy (non-hydrogen) atoms. The summed E-state index contributed by atoms with van der Waals surface area (Å²) >= 11 is 2.02. The van der Waals surface area contributed by atoms with Gasteiger partial charge in [-0.1, -0.05) is 6.42 Å². The van der Waals surface area contributed by atoms with E-state index in [1.165, 1.54) is 55.6 Å². The van der Waals surface area contributed by atoms with Gasteiger partial charge in [0.2, 0.25) is 0 Å². The van der Waals surface area contributed by atoms with Crippen LogP contribution in [0.4, 0.5) is 0 Å². The lowest BCUT2D eigenvalue weighted by Crippen LogP contribution is -2.51. The minimum absolute atomic E-state index is 0.280. The van der Waals surface area contributed by atoms with Crippen molar-refractivity contribution < 1.29 is 4.74 Å². The molecule has 0 N–H and O–H groups in total. The highest BCUT2D eigenvalue weighted by Gasteiger charge is 2.41. The largest absolute Gasteiger partial charge is 0.381 e. The van der Waals surface area contributed by atoms with E-state index in [9.17, 15) is 0 Å². The molecule has 0 aliphatic carbocycles. The smallest absolute Gasteiger partial charge is 0.0597 e. The van der Waals surface area contributed by atoms with Gasteiger partial charge in [-0.3, -0.25) is 4.90 Å². The number of thiophene rings is 1. The molecule has 3 rings (SSSR count). The highest BCUT2D eigenvalue weighted by Crippen LogP contribution is 2.43. The predicted octanol–water partition coefficient (Wildman–Crippen LogP) is 3.86. The third-order valence-corrected chi connectivity index (χ3v) is 6.25. The van der Waals surface area contributed by atoms with E-state index in [-0.39, 0.29) is 5.54 Å². The number of nitrogens with zero attached hydrogens (tertiary/aromatic N) is 1. The minimum atomic E-state index is 0.280. The predicted molar refractivity (Wildman–Crippen MR) is 80.9 cm³/mol. The molecule has 0 spiro atoms. The maximum absolute atomic E-state index is 5.65. The molecule has 106 valence electrons. The average molecular weight is 279 g/mol. The lowest BCUT2D eigenvalue weighted by Gasteiger charge is -2.47. The Kier molecular flexibility index (Phi) is 3.97. The minimum Gasteiger partial charge on any atom is -0.381 e. The van der Waals surface area contributed by atoms with E-state index in [0.717, 1.165) is 13.2 Å². The first-order valence-electron chi connectivity index (χ1n) is 7.63. The van der Waals surface area contributed by atoms with Crippen LogP contribution < -0.4 is 0 Å². The van der Waals surface area contributed by atoms with Crippen molar-refractivity contribution in [3.63, 3.8) is 0 Å². The van der Waals surface area contributed by atoms with E-state index in [4.69, 9.17) is 4.74 Å². The maximum Gasteiger partial charge on any atom is 0.0597 e. The van der Waals surface area contributed by atoms with Crippen molar-refractivity contribution >= 4 is 11.3 Å². The Balaban J connectivity index is 1.95. The van der Waals surface area contributed by atoms with Crippen LogP contribution in [0.25, 0.3) is 0 Å². The molecular formula is C16H25NOS. The molecule has 2 saturated heterocycles. The molecule has 3 heteroatoms. The van der Waals surface area contributed by atoms with Gasteiger partial charge >= 0.3 is 0 Å². The summed E-state index contributed by atoms with van der Waals surface area (Å²) in [6.45, 7) is 8.90. The third kappa shape index (κ3) is 2.48. The van der Waals surface area contributed by atoms with Crippen molar-refractivity contribution in [2.45, 2.75) is 51.5 Å². The quantitative estimate of drug-likeness (QED) is 0.815. The van der Waals surface area contributed by atoms with Gasteiger partial charge in [-0.25, -0.2) is 0 Å². The van der Waals surface area contributed by atoms with Crippen molar-refractivity contribution in [2.75, 3.05) is 26.3 Å². The molecule has 0 bridgehead atoms. The van der Waals surface area contributed by atoms with Gasteiger partial charge < -0.3 is 4.74 Å². The Hall–Kier alpha value is -0.380. The summed E-state index contributed by atoms with van der Waals surface area (Å²) in [5.74, 6) is 0. The van der Waals surface area contributed by atoms with Crippen LogP contribution in [0.2, 0.25) is 0 Å². The fraction of sp³-hybridized carbons (Fsp3) is 0.750. The molecular weight excluding hydrogens is 254 g/mol. The van der Waals surface area contributed by atoms with Gasteiger partial charge in [-0.15, -0.1) is 11.3 Å². The van der Waals surface area contributed by atoms with Gasteiger partial charge in [-0.05, 0) is 64.3 Å². The van der Waals surface area contributed by atoms with Crippen molar-refractivity contribution in [1.29, 1.82) is 0 Å². The molecule has 3 heterocycles. The molecule has 2 nitrogen and oxygen atoms in total. The maximum atomic E-state index is 5.65. The van der Waals surface area contributed by atoms with Gasteiger partial charge in [0.1, 0.15) is 0 Å².